The molecule has 0 spiro atoms. The molecule has 0 N–H and O–H groups in total. The summed E-state index contributed by atoms with van der Waals surface area (Å²) in [5, 5.41) is 2.04. The topological polar surface area (TPSA) is 52.1 Å². The predicted molar refractivity (Wildman–Crippen MR) is 79.1 cm³/mol. The van der Waals surface area contributed by atoms with Gasteiger partial charge in [-0.1, -0.05) is 19.4 Å². The number of aryl methyl sites for hydroxylation is 1. The summed E-state index contributed by atoms with van der Waals surface area (Å²) in [4.78, 5) is 21.9. The summed E-state index contributed by atoms with van der Waals surface area (Å²) in [5.41, 5.74) is 1.27. The molecule has 2 aromatic heterocycles. The summed E-state index contributed by atoms with van der Waals surface area (Å²) in [6, 6.07) is 4.08. The molecule has 0 atom stereocenters. The van der Waals surface area contributed by atoms with Crippen LogP contribution in [0.25, 0.3) is 0 Å². The van der Waals surface area contributed by atoms with Gasteiger partial charge in [0.2, 0.25) is 0 Å². The molecule has 0 aromatic carbocycles. The summed E-state index contributed by atoms with van der Waals surface area (Å²) < 4.78 is 5.04. The second-order valence-electron chi connectivity index (χ2n) is 4.37. The fraction of sp³-hybridized carbons (Fsp3) is 0.400. The van der Waals surface area contributed by atoms with Gasteiger partial charge in [0.1, 0.15) is 5.82 Å². The van der Waals surface area contributed by atoms with Crippen molar-refractivity contribution in [2.45, 2.75) is 33.1 Å². The molecule has 0 aliphatic rings. The average Bonchev–Trinajstić information content (AvgIpc) is 2.92. The lowest BCUT2D eigenvalue weighted by molar-refractivity contribution is 0.0524. The minimum atomic E-state index is -0.335. The molecule has 0 aliphatic carbocycles. The van der Waals surface area contributed by atoms with Crippen LogP contribution in [-0.4, -0.2) is 22.5 Å². The highest BCUT2D eigenvalue weighted by Gasteiger charge is 2.15. The van der Waals surface area contributed by atoms with Gasteiger partial charge in [-0.3, -0.25) is 0 Å². The van der Waals surface area contributed by atoms with E-state index in [-0.39, 0.29) is 5.97 Å². The van der Waals surface area contributed by atoms with Crippen LogP contribution in [0, 0.1) is 0 Å². The molecule has 5 heteroatoms. The zero-order valence-electron chi connectivity index (χ0n) is 11.8. The predicted octanol–water partition coefficient (Wildman–Crippen LogP) is 3.26. The number of ether oxygens (including phenoxy) is 1. The zero-order valence-corrected chi connectivity index (χ0v) is 12.6. The highest BCUT2D eigenvalue weighted by molar-refractivity contribution is 7.09. The fourth-order valence-electron chi connectivity index (χ4n) is 1.92. The molecule has 106 valence electrons. The lowest BCUT2D eigenvalue weighted by atomic mass is 10.1. The van der Waals surface area contributed by atoms with E-state index in [1.807, 2.05) is 11.4 Å². The van der Waals surface area contributed by atoms with Crippen LogP contribution in [0.1, 0.15) is 47.0 Å². The quantitative estimate of drug-likeness (QED) is 0.766. The van der Waals surface area contributed by atoms with E-state index in [2.05, 4.69) is 23.0 Å². The first kappa shape index (κ1) is 14.7. The van der Waals surface area contributed by atoms with E-state index in [4.69, 9.17) is 4.74 Å². The van der Waals surface area contributed by atoms with E-state index in [1.165, 1.54) is 4.88 Å². The van der Waals surface area contributed by atoms with Crippen LogP contribution in [0.2, 0.25) is 0 Å². The number of rotatable bonds is 6. The van der Waals surface area contributed by atoms with E-state index in [0.29, 0.717) is 18.6 Å². The summed E-state index contributed by atoms with van der Waals surface area (Å²) in [6.07, 6.45) is 3.99. The van der Waals surface area contributed by atoms with Gasteiger partial charge in [0.05, 0.1) is 17.9 Å². The molecule has 0 unspecified atom stereocenters. The normalized spacial score (nSPS) is 10.5. The highest BCUT2D eigenvalue weighted by Crippen LogP contribution is 2.15. The smallest absolute Gasteiger partial charge is 0.341 e. The number of thiophene rings is 1. The van der Waals surface area contributed by atoms with Crippen molar-refractivity contribution < 1.29 is 9.53 Å². The second kappa shape index (κ2) is 7.14. The Morgan fingerprint density at radius 3 is 2.90 bits per heavy atom. The molecule has 0 radical (unpaired) electrons. The maximum absolute atomic E-state index is 11.9. The van der Waals surface area contributed by atoms with Crippen LogP contribution < -0.4 is 0 Å². The molecule has 0 bridgehead atoms. The Kier molecular flexibility index (Phi) is 5.24. The van der Waals surface area contributed by atoms with Gasteiger partial charge in [0, 0.05) is 17.5 Å². The van der Waals surface area contributed by atoms with Crippen molar-refractivity contribution in [2.24, 2.45) is 0 Å². The molecule has 0 fully saturated rings. The van der Waals surface area contributed by atoms with Crippen molar-refractivity contribution in [1.82, 2.24) is 9.97 Å². The van der Waals surface area contributed by atoms with Crippen LogP contribution in [0.15, 0.2) is 23.7 Å². The van der Waals surface area contributed by atoms with Gasteiger partial charge in [-0.15, -0.1) is 11.3 Å². The summed E-state index contributed by atoms with van der Waals surface area (Å²) in [6.45, 7) is 4.22. The number of hydrogen-bond donors (Lipinski definition) is 0. The van der Waals surface area contributed by atoms with Gasteiger partial charge in [-0.25, -0.2) is 14.8 Å². The van der Waals surface area contributed by atoms with E-state index >= 15 is 0 Å². The second-order valence-corrected chi connectivity index (χ2v) is 5.41. The molecule has 20 heavy (non-hydrogen) atoms. The van der Waals surface area contributed by atoms with E-state index in [9.17, 15) is 4.79 Å². The van der Waals surface area contributed by atoms with Crippen molar-refractivity contribution in [3.63, 3.8) is 0 Å². The zero-order chi connectivity index (χ0) is 14.4. The number of esters is 1. The van der Waals surface area contributed by atoms with Crippen molar-refractivity contribution in [3.8, 4) is 0 Å². The fourth-order valence-corrected chi connectivity index (χ4v) is 2.62. The van der Waals surface area contributed by atoms with Gasteiger partial charge < -0.3 is 4.74 Å². The molecule has 0 saturated heterocycles. The number of hydrogen-bond acceptors (Lipinski definition) is 5. The maximum atomic E-state index is 11.9. The van der Waals surface area contributed by atoms with Crippen molar-refractivity contribution in [2.75, 3.05) is 6.61 Å². The molecular weight excluding hydrogens is 272 g/mol. The van der Waals surface area contributed by atoms with Gasteiger partial charge in [0.15, 0.2) is 0 Å². The SMILES string of the molecule is CCCc1nc(Cc2cccs2)ncc1C(=O)OCC. The minimum Gasteiger partial charge on any atom is -0.462 e. The standard InChI is InChI=1S/C15H18N2O2S/c1-3-6-13-12(15(18)19-4-2)10-16-14(17-13)9-11-7-5-8-20-11/h5,7-8,10H,3-4,6,9H2,1-2H3. The van der Waals surface area contributed by atoms with Crippen LogP contribution in [-0.2, 0) is 17.6 Å². The number of carbonyl (C=O) groups excluding carboxylic acids is 1. The van der Waals surface area contributed by atoms with Gasteiger partial charge in [-0.05, 0) is 24.8 Å². The third-order valence-corrected chi connectivity index (χ3v) is 3.69. The van der Waals surface area contributed by atoms with E-state index in [0.717, 1.165) is 24.4 Å². The van der Waals surface area contributed by atoms with Crippen LogP contribution in [0.3, 0.4) is 0 Å². The number of aromatic nitrogens is 2. The average molecular weight is 290 g/mol. The summed E-state index contributed by atoms with van der Waals surface area (Å²) in [7, 11) is 0. The van der Waals surface area contributed by atoms with Crippen molar-refractivity contribution in [1.29, 1.82) is 0 Å². The molecule has 4 nitrogen and oxygen atoms in total. The first-order valence-corrected chi connectivity index (χ1v) is 7.66. The molecule has 0 aliphatic heterocycles. The summed E-state index contributed by atoms with van der Waals surface area (Å²) in [5.74, 6) is 0.419. The highest BCUT2D eigenvalue weighted by atomic mass is 32.1. The third-order valence-electron chi connectivity index (χ3n) is 2.81. The van der Waals surface area contributed by atoms with Gasteiger partial charge >= 0.3 is 5.97 Å². The van der Waals surface area contributed by atoms with Crippen LogP contribution >= 0.6 is 11.3 Å². The Morgan fingerprint density at radius 2 is 2.25 bits per heavy atom. The molecule has 0 amide bonds. The largest absolute Gasteiger partial charge is 0.462 e. The molecule has 0 saturated carbocycles. The lowest BCUT2D eigenvalue weighted by Crippen LogP contribution is -2.12. The third kappa shape index (κ3) is 3.63. The first-order valence-electron chi connectivity index (χ1n) is 6.78. The Bertz CT molecular complexity index is 567. The molecule has 2 rings (SSSR count). The summed E-state index contributed by atoms with van der Waals surface area (Å²) >= 11 is 1.68. The molecule has 2 aromatic rings. The Hall–Kier alpha value is -1.75. The first-order chi connectivity index (χ1) is 9.74. The van der Waals surface area contributed by atoms with Crippen LogP contribution in [0.5, 0.6) is 0 Å². The Labute approximate surface area is 122 Å². The Balaban J connectivity index is 2.24. The Morgan fingerprint density at radius 1 is 1.40 bits per heavy atom. The van der Waals surface area contributed by atoms with E-state index in [1.54, 1.807) is 24.5 Å². The lowest BCUT2D eigenvalue weighted by Gasteiger charge is -2.08. The molecule has 2 heterocycles. The van der Waals surface area contributed by atoms with Crippen molar-refractivity contribution >= 4 is 17.3 Å². The van der Waals surface area contributed by atoms with Crippen molar-refractivity contribution in [3.05, 3.63) is 45.7 Å². The monoisotopic (exact) mass is 290 g/mol. The van der Waals surface area contributed by atoms with Gasteiger partial charge in [0.25, 0.3) is 0 Å². The minimum absolute atomic E-state index is 0.335. The van der Waals surface area contributed by atoms with Crippen LogP contribution in [0.4, 0.5) is 0 Å². The number of nitrogens with zero attached hydrogens (tertiary/aromatic N) is 2. The maximum Gasteiger partial charge on any atom is 0.341 e. The molecular formula is C15H18N2O2S. The van der Waals surface area contributed by atoms with E-state index < -0.39 is 0 Å². The number of carbonyl (C=O) groups is 1. The van der Waals surface area contributed by atoms with Gasteiger partial charge in [-0.2, -0.15) is 0 Å².